The van der Waals surface area contributed by atoms with Crippen LogP contribution < -0.4 is 5.32 Å². The number of thioether (sulfide) groups is 1. The van der Waals surface area contributed by atoms with Crippen LogP contribution in [0.25, 0.3) is 20.4 Å². The number of hydrogen-bond acceptors (Lipinski definition) is 6. The number of carbonyl (C=O) groups excluding carboxylic acids is 1. The van der Waals surface area contributed by atoms with Gasteiger partial charge in [0, 0.05) is 5.75 Å². The third-order valence-corrected chi connectivity index (χ3v) is 6.75. The Bertz CT molecular complexity index is 1040. The molecule has 2 aromatic carbocycles. The first-order valence-electron chi connectivity index (χ1n) is 7.77. The maximum absolute atomic E-state index is 12.2. The minimum Gasteiger partial charge on any atom is -0.301 e. The number of aryl methyl sites for hydroxylation is 1. The summed E-state index contributed by atoms with van der Waals surface area (Å²) in [7, 11) is 0. The van der Waals surface area contributed by atoms with Crippen LogP contribution >= 0.6 is 34.4 Å². The Balaban J connectivity index is 1.43. The number of carbonyl (C=O) groups is 1. The maximum atomic E-state index is 12.2. The van der Waals surface area contributed by atoms with Crippen molar-refractivity contribution in [1.82, 2.24) is 9.97 Å². The lowest BCUT2D eigenvalue weighted by Crippen LogP contribution is -2.13. The molecular weight excluding hydrogens is 370 g/mol. The topological polar surface area (TPSA) is 54.9 Å². The summed E-state index contributed by atoms with van der Waals surface area (Å²) in [6.07, 6.45) is 0. The minimum atomic E-state index is -0.0169. The summed E-state index contributed by atoms with van der Waals surface area (Å²) >= 11 is 4.79. The zero-order chi connectivity index (χ0) is 17.2. The third-order valence-electron chi connectivity index (χ3n) is 3.61. The highest BCUT2D eigenvalue weighted by Gasteiger charge is 2.12. The normalized spacial score (nSPS) is 11.2. The van der Waals surface area contributed by atoms with E-state index in [0.717, 1.165) is 31.2 Å². The zero-order valence-corrected chi connectivity index (χ0v) is 15.9. The molecule has 0 saturated heterocycles. The van der Waals surface area contributed by atoms with Crippen LogP contribution in [-0.4, -0.2) is 21.6 Å². The molecule has 7 heteroatoms. The number of anilines is 1. The fourth-order valence-electron chi connectivity index (χ4n) is 2.53. The number of benzene rings is 2. The molecule has 0 unspecified atom stereocenters. The van der Waals surface area contributed by atoms with Gasteiger partial charge in [0.15, 0.2) is 5.13 Å². The van der Waals surface area contributed by atoms with Crippen LogP contribution in [0.3, 0.4) is 0 Å². The van der Waals surface area contributed by atoms with Crippen molar-refractivity contribution >= 4 is 65.9 Å². The van der Waals surface area contributed by atoms with Gasteiger partial charge in [-0.05, 0) is 24.6 Å². The fraction of sp³-hybridized carbons (Fsp3) is 0.167. The summed E-state index contributed by atoms with van der Waals surface area (Å²) in [5.41, 5.74) is 3.13. The molecule has 0 saturated carbocycles. The molecule has 1 N–H and O–H groups in total. The van der Waals surface area contributed by atoms with Gasteiger partial charge in [0.1, 0.15) is 0 Å². The Morgan fingerprint density at radius 1 is 1.04 bits per heavy atom. The van der Waals surface area contributed by atoms with E-state index in [0.29, 0.717) is 10.9 Å². The Morgan fingerprint density at radius 2 is 1.76 bits per heavy atom. The summed E-state index contributed by atoms with van der Waals surface area (Å²) in [6.45, 7) is 2.00. The average Bonchev–Trinajstić information content (AvgIpc) is 3.17. The Labute approximate surface area is 157 Å². The van der Waals surface area contributed by atoms with Gasteiger partial charge in [0.2, 0.25) is 5.91 Å². The summed E-state index contributed by atoms with van der Waals surface area (Å²) in [5, 5.41) is 4.61. The lowest BCUT2D eigenvalue weighted by molar-refractivity contribution is -0.113. The van der Waals surface area contributed by atoms with Gasteiger partial charge in [-0.15, -0.1) is 23.1 Å². The number of aromatic nitrogens is 2. The molecule has 126 valence electrons. The van der Waals surface area contributed by atoms with Crippen molar-refractivity contribution in [1.29, 1.82) is 0 Å². The molecule has 0 radical (unpaired) electrons. The van der Waals surface area contributed by atoms with E-state index < -0.39 is 0 Å². The number of thiazole rings is 2. The fourth-order valence-corrected chi connectivity index (χ4v) is 5.34. The predicted octanol–water partition coefficient (Wildman–Crippen LogP) is 5.09. The molecule has 25 heavy (non-hydrogen) atoms. The van der Waals surface area contributed by atoms with E-state index in [1.54, 1.807) is 23.1 Å². The highest BCUT2D eigenvalue weighted by molar-refractivity contribution is 7.99. The number of nitrogens with zero attached hydrogens (tertiary/aromatic N) is 2. The molecule has 0 fully saturated rings. The standard InChI is InChI=1S/C18H15N3OS3/c1-11-19-13-7-8-14-17(16(13)24-11)25-18(20-14)21-15(22)10-23-9-12-5-3-2-4-6-12/h2-8H,9-10H2,1H3,(H,20,21,22). The van der Waals surface area contributed by atoms with Crippen LogP contribution in [0, 0.1) is 6.92 Å². The first-order valence-corrected chi connectivity index (χ1v) is 10.6. The lowest BCUT2D eigenvalue weighted by Gasteiger charge is -2.02. The molecule has 0 aliphatic rings. The number of amides is 1. The van der Waals surface area contributed by atoms with E-state index in [2.05, 4.69) is 27.4 Å². The molecule has 4 nitrogen and oxygen atoms in total. The van der Waals surface area contributed by atoms with Gasteiger partial charge in [-0.25, -0.2) is 9.97 Å². The van der Waals surface area contributed by atoms with Crippen LogP contribution in [-0.2, 0) is 10.5 Å². The van der Waals surface area contributed by atoms with Crippen LogP contribution in [0.5, 0.6) is 0 Å². The highest BCUT2D eigenvalue weighted by atomic mass is 32.2. The molecule has 4 rings (SSSR count). The SMILES string of the molecule is Cc1nc2ccc3nc(NC(=O)CSCc4ccccc4)sc3c2s1. The monoisotopic (exact) mass is 385 g/mol. The van der Waals surface area contributed by atoms with Crippen LogP contribution in [0.15, 0.2) is 42.5 Å². The van der Waals surface area contributed by atoms with Gasteiger partial charge < -0.3 is 5.32 Å². The van der Waals surface area contributed by atoms with Gasteiger partial charge in [0.05, 0.1) is 31.2 Å². The average molecular weight is 386 g/mol. The second kappa shape index (κ2) is 7.11. The third kappa shape index (κ3) is 3.68. The van der Waals surface area contributed by atoms with E-state index in [1.807, 2.05) is 37.3 Å². The molecule has 1 amide bonds. The molecule has 0 aliphatic carbocycles. The highest BCUT2D eigenvalue weighted by Crippen LogP contribution is 2.35. The van der Waals surface area contributed by atoms with Crippen molar-refractivity contribution < 1.29 is 4.79 Å². The van der Waals surface area contributed by atoms with Gasteiger partial charge >= 0.3 is 0 Å². The quantitative estimate of drug-likeness (QED) is 0.520. The van der Waals surface area contributed by atoms with E-state index in [-0.39, 0.29) is 5.91 Å². The van der Waals surface area contributed by atoms with Crippen LogP contribution in [0.4, 0.5) is 5.13 Å². The van der Waals surface area contributed by atoms with Gasteiger partial charge in [0.25, 0.3) is 0 Å². The summed E-state index contributed by atoms with van der Waals surface area (Å²) in [5.74, 6) is 1.23. The second-order valence-corrected chi connectivity index (χ2v) is 8.73. The van der Waals surface area contributed by atoms with Crippen molar-refractivity contribution in [2.45, 2.75) is 12.7 Å². The lowest BCUT2D eigenvalue weighted by atomic mass is 10.2. The first-order chi connectivity index (χ1) is 12.2. The minimum absolute atomic E-state index is 0.0169. The first kappa shape index (κ1) is 16.5. The van der Waals surface area contributed by atoms with E-state index in [9.17, 15) is 4.79 Å². The van der Waals surface area contributed by atoms with E-state index in [1.165, 1.54) is 16.9 Å². The zero-order valence-electron chi connectivity index (χ0n) is 13.5. The largest absolute Gasteiger partial charge is 0.301 e. The summed E-state index contributed by atoms with van der Waals surface area (Å²) in [4.78, 5) is 21.2. The van der Waals surface area contributed by atoms with E-state index in [4.69, 9.17) is 0 Å². The number of fused-ring (bicyclic) bond motifs is 3. The molecule has 0 bridgehead atoms. The molecule has 0 atom stereocenters. The molecule has 2 aromatic heterocycles. The number of nitrogens with one attached hydrogen (secondary N) is 1. The van der Waals surface area contributed by atoms with Crippen LogP contribution in [0.1, 0.15) is 10.6 Å². The van der Waals surface area contributed by atoms with E-state index >= 15 is 0 Å². The van der Waals surface area contributed by atoms with Crippen molar-refractivity contribution in [3.63, 3.8) is 0 Å². The molecule has 4 aromatic rings. The Hall–Kier alpha value is -1.96. The number of rotatable bonds is 5. The van der Waals surface area contributed by atoms with Crippen molar-refractivity contribution in [2.75, 3.05) is 11.1 Å². The van der Waals surface area contributed by atoms with Gasteiger partial charge in [-0.1, -0.05) is 41.7 Å². The number of hydrogen-bond donors (Lipinski definition) is 1. The van der Waals surface area contributed by atoms with Gasteiger partial charge in [-0.3, -0.25) is 4.79 Å². The molecular formula is C18H15N3OS3. The Kier molecular flexibility index (Phi) is 4.70. The smallest absolute Gasteiger partial charge is 0.236 e. The van der Waals surface area contributed by atoms with Crippen LogP contribution in [0.2, 0.25) is 0 Å². The molecule has 0 aliphatic heterocycles. The maximum Gasteiger partial charge on any atom is 0.236 e. The van der Waals surface area contributed by atoms with Gasteiger partial charge in [-0.2, -0.15) is 0 Å². The van der Waals surface area contributed by atoms with Crippen molar-refractivity contribution in [2.24, 2.45) is 0 Å². The summed E-state index contributed by atoms with van der Waals surface area (Å²) in [6, 6.07) is 14.1. The Morgan fingerprint density at radius 3 is 2.56 bits per heavy atom. The van der Waals surface area contributed by atoms with Crippen molar-refractivity contribution in [3.8, 4) is 0 Å². The summed E-state index contributed by atoms with van der Waals surface area (Å²) < 4.78 is 2.24. The molecule has 0 spiro atoms. The second-order valence-electron chi connectivity index (χ2n) is 5.54. The van der Waals surface area contributed by atoms with Crippen molar-refractivity contribution in [3.05, 3.63) is 53.0 Å². The molecule has 2 heterocycles. The predicted molar refractivity (Wildman–Crippen MR) is 109 cm³/mol.